The lowest BCUT2D eigenvalue weighted by Gasteiger charge is -2.29. The van der Waals surface area contributed by atoms with E-state index in [1.165, 1.54) is 11.1 Å². The van der Waals surface area contributed by atoms with Gasteiger partial charge in [-0.15, -0.1) is 24.0 Å². The normalized spacial score (nSPS) is 14.9. The predicted octanol–water partition coefficient (Wildman–Crippen LogP) is 3.88. The fourth-order valence-corrected chi connectivity index (χ4v) is 3.38. The number of nitrogens with zero attached hydrogens (tertiary/aromatic N) is 2. The molecule has 1 aromatic carbocycles. The van der Waals surface area contributed by atoms with E-state index in [1.807, 2.05) is 0 Å². The topological polar surface area (TPSA) is 41.6 Å². The quantitative estimate of drug-likeness (QED) is 0.543. The van der Waals surface area contributed by atoms with E-state index in [0.717, 1.165) is 41.4 Å². The summed E-state index contributed by atoms with van der Waals surface area (Å²) in [5.74, 6) is 0. The standard InChI is InChI=1S/C13H18BrN3S.HI/c1-9-6-10(12(15)11(14)7-9)8-17-5-3-4-16-13(17)18-2;/h6-7H,3-5,8,15H2,1-2H3;1H. The summed E-state index contributed by atoms with van der Waals surface area (Å²) in [6, 6.07) is 4.21. The molecule has 0 radical (unpaired) electrons. The summed E-state index contributed by atoms with van der Waals surface area (Å²) in [6.45, 7) is 4.93. The van der Waals surface area contributed by atoms with E-state index >= 15 is 0 Å². The van der Waals surface area contributed by atoms with Crippen LogP contribution >= 0.6 is 51.7 Å². The highest BCUT2D eigenvalue weighted by molar-refractivity contribution is 14.0. The van der Waals surface area contributed by atoms with Crippen molar-refractivity contribution < 1.29 is 0 Å². The van der Waals surface area contributed by atoms with Crippen LogP contribution in [0, 0.1) is 6.92 Å². The van der Waals surface area contributed by atoms with Gasteiger partial charge >= 0.3 is 0 Å². The van der Waals surface area contributed by atoms with Crippen LogP contribution < -0.4 is 5.73 Å². The Morgan fingerprint density at radius 1 is 1.47 bits per heavy atom. The molecule has 6 heteroatoms. The first-order chi connectivity index (χ1) is 8.61. The lowest BCUT2D eigenvalue weighted by atomic mass is 10.1. The molecular formula is C13H19BrIN3S. The molecule has 3 nitrogen and oxygen atoms in total. The summed E-state index contributed by atoms with van der Waals surface area (Å²) < 4.78 is 0.983. The minimum atomic E-state index is 0. The number of aliphatic imine (C=N–C) groups is 1. The van der Waals surface area contributed by atoms with Crippen molar-refractivity contribution in [3.05, 3.63) is 27.7 Å². The van der Waals surface area contributed by atoms with Gasteiger partial charge in [-0.3, -0.25) is 4.99 Å². The lowest BCUT2D eigenvalue weighted by molar-refractivity contribution is 0.397. The van der Waals surface area contributed by atoms with E-state index in [-0.39, 0.29) is 24.0 Å². The van der Waals surface area contributed by atoms with Gasteiger partial charge in [0.25, 0.3) is 0 Å². The summed E-state index contributed by atoms with van der Waals surface area (Å²) in [5.41, 5.74) is 9.37. The van der Waals surface area contributed by atoms with Crippen LogP contribution in [0.25, 0.3) is 0 Å². The number of thioether (sulfide) groups is 1. The van der Waals surface area contributed by atoms with Gasteiger partial charge < -0.3 is 10.6 Å². The average Bonchev–Trinajstić information content (AvgIpc) is 2.36. The molecular weight excluding hydrogens is 437 g/mol. The van der Waals surface area contributed by atoms with Gasteiger partial charge in [-0.25, -0.2) is 0 Å². The molecule has 0 bridgehead atoms. The average molecular weight is 456 g/mol. The van der Waals surface area contributed by atoms with Crippen molar-refractivity contribution in [2.75, 3.05) is 25.1 Å². The molecule has 0 saturated carbocycles. The van der Waals surface area contributed by atoms with E-state index in [9.17, 15) is 0 Å². The molecule has 0 unspecified atom stereocenters. The number of halogens is 2. The van der Waals surface area contributed by atoms with Gasteiger partial charge in [-0.1, -0.05) is 17.8 Å². The number of amidine groups is 1. The Hall–Kier alpha value is 0.0500. The Bertz CT molecular complexity index is 479. The molecule has 1 heterocycles. The molecule has 1 aromatic rings. The van der Waals surface area contributed by atoms with Crippen LogP contribution in [-0.4, -0.2) is 29.4 Å². The third kappa shape index (κ3) is 4.26. The van der Waals surface area contributed by atoms with Crippen molar-refractivity contribution in [1.29, 1.82) is 0 Å². The van der Waals surface area contributed by atoms with Crippen LogP contribution in [-0.2, 0) is 6.54 Å². The van der Waals surface area contributed by atoms with Gasteiger partial charge in [-0.05, 0) is 52.7 Å². The Balaban J connectivity index is 0.00000180. The van der Waals surface area contributed by atoms with E-state index in [2.05, 4.69) is 51.1 Å². The van der Waals surface area contributed by atoms with E-state index in [4.69, 9.17) is 5.73 Å². The summed E-state index contributed by atoms with van der Waals surface area (Å²) in [4.78, 5) is 6.86. The Kier molecular flexibility index (Phi) is 6.96. The zero-order valence-electron chi connectivity index (χ0n) is 11.1. The van der Waals surface area contributed by atoms with Crippen molar-refractivity contribution in [3.63, 3.8) is 0 Å². The lowest BCUT2D eigenvalue weighted by Crippen LogP contribution is -2.33. The van der Waals surface area contributed by atoms with Crippen LogP contribution in [0.1, 0.15) is 17.5 Å². The van der Waals surface area contributed by atoms with Gasteiger partial charge in [0.2, 0.25) is 0 Å². The number of anilines is 1. The summed E-state index contributed by atoms with van der Waals surface area (Å²) in [5, 5.41) is 1.12. The third-order valence-corrected chi connectivity index (χ3v) is 4.42. The van der Waals surface area contributed by atoms with Gasteiger partial charge in [0.15, 0.2) is 5.17 Å². The summed E-state index contributed by atoms with van der Waals surface area (Å²) in [6.07, 6.45) is 3.20. The van der Waals surface area contributed by atoms with Crippen molar-refractivity contribution in [2.24, 2.45) is 4.99 Å². The van der Waals surface area contributed by atoms with E-state index in [1.54, 1.807) is 11.8 Å². The number of nitrogens with two attached hydrogens (primary N) is 1. The smallest absolute Gasteiger partial charge is 0.159 e. The van der Waals surface area contributed by atoms with Crippen LogP contribution in [0.15, 0.2) is 21.6 Å². The van der Waals surface area contributed by atoms with Crippen LogP contribution in [0.2, 0.25) is 0 Å². The second kappa shape index (κ2) is 7.73. The molecule has 0 atom stereocenters. The first-order valence-electron chi connectivity index (χ1n) is 5.99. The molecule has 19 heavy (non-hydrogen) atoms. The van der Waals surface area contributed by atoms with E-state index < -0.39 is 0 Å². The molecule has 1 aliphatic heterocycles. The Morgan fingerprint density at radius 2 is 2.21 bits per heavy atom. The molecule has 0 spiro atoms. The number of hydrogen-bond acceptors (Lipinski definition) is 4. The fraction of sp³-hybridized carbons (Fsp3) is 0.462. The van der Waals surface area contributed by atoms with Crippen molar-refractivity contribution in [2.45, 2.75) is 19.9 Å². The second-order valence-electron chi connectivity index (χ2n) is 4.46. The number of aryl methyl sites for hydroxylation is 1. The molecule has 2 rings (SSSR count). The minimum Gasteiger partial charge on any atom is -0.398 e. The van der Waals surface area contributed by atoms with Gasteiger partial charge in [0, 0.05) is 24.1 Å². The van der Waals surface area contributed by atoms with Crippen LogP contribution in [0.3, 0.4) is 0 Å². The predicted molar refractivity (Wildman–Crippen MR) is 99.6 cm³/mol. The Morgan fingerprint density at radius 3 is 2.89 bits per heavy atom. The molecule has 1 aliphatic rings. The van der Waals surface area contributed by atoms with Gasteiger partial charge in [0.1, 0.15) is 0 Å². The molecule has 0 saturated heterocycles. The monoisotopic (exact) mass is 455 g/mol. The molecule has 0 aromatic heterocycles. The third-order valence-electron chi connectivity index (χ3n) is 3.01. The van der Waals surface area contributed by atoms with Crippen LogP contribution in [0.5, 0.6) is 0 Å². The minimum absolute atomic E-state index is 0. The largest absolute Gasteiger partial charge is 0.398 e. The molecule has 0 fully saturated rings. The second-order valence-corrected chi connectivity index (χ2v) is 6.09. The maximum Gasteiger partial charge on any atom is 0.159 e. The Labute approximate surface area is 144 Å². The highest BCUT2D eigenvalue weighted by atomic mass is 127. The van der Waals surface area contributed by atoms with Crippen molar-refractivity contribution in [3.8, 4) is 0 Å². The molecule has 2 N–H and O–H groups in total. The number of benzene rings is 1. The maximum atomic E-state index is 6.14. The van der Waals surface area contributed by atoms with Crippen molar-refractivity contribution in [1.82, 2.24) is 4.90 Å². The van der Waals surface area contributed by atoms with Gasteiger partial charge in [-0.2, -0.15) is 0 Å². The van der Waals surface area contributed by atoms with Crippen molar-refractivity contribution >= 4 is 62.5 Å². The first-order valence-corrected chi connectivity index (χ1v) is 8.01. The van der Waals surface area contributed by atoms with Crippen LogP contribution in [0.4, 0.5) is 5.69 Å². The first kappa shape index (κ1) is 17.1. The van der Waals surface area contributed by atoms with Gasteiger partial charge in [0.05, 0.1) is 5.69 Å². The summed E-state index contributed by atoms with van der Waals surface area (Å²) >= 11 is 5.23. The zero-order valence-corrected chi connectivity index (χ0v) is 15.9. The number of hydrogen-bond donors (Lipinski definition) is 1. The van der Waals surface area contributed by atoms with E-state index in [0.29, 0.717) is 0 Å². The number of nitrogen functional groups attached to an aromatic ring is 1. The zero-order chi connectivity index (χ0) is 13.1. The summed E-state index contributed by atoms with van der Waals surface area (Å²) in [7, 11) is 0. The molecule has 106 valence electrons. The highest BCUT2D eigenvalue weighted by Gasteiger charge is 2.16. The number of rotatable bonds is 2. The molecule has 0 amide bonds. The fourth-order valence-electron chi connectivity index (χ4n) is 2.13. The maximum absolute atomic E-state index is 6.14. The SMILES string of the molecule is CSC1=NCCCN1Cc1cc(C)cc(Br)c1N.I. The highest BCUT2D eigenvalue weighted by Crippen LogP contribution is 2.27. The molecule has 0 aliphatic carbocycles.